The van der Waals surface area contributed by atoms with E-state index in [1.54, 1.807) is 46.5 Å². The number of methoxy groups -OCH3 is 1. The molecule has 1 aromatic carbocycles. The van der Waals surface area contributed by atoms with E-state index in [-0.39, 0.29) is 19.7 Å². The van der Waals surface area contributed by atoms with Crippen LogP contribution in [0.25, 0.3) is 15.9 Å². The van der Waals surface area contributed by atoms with Gasteiger partial charge in [-0.25, -0.2) is 24.1 Å². The molecule has 1 aliphatic rings. The molecule has 35 heavy (non-hydrogen) atoms. The minimum Gasteiger partial charge on any atom is -0.497 e. The first kappa shape index (κ1) is 23.1. The highest BCUT2D eigenvalue weighted by Gasteiger charge is 2.26. The van der Waals surface area contributed by atoms with Crippen molar-refractivity contribution in [2.75, 3.05) is 13.7 Å². The number of hydrogen-bond donors (Lipinski definition) is 0. The van der Waals surface area contributed by atoms with Gasteiger partial charge in [-0.3, -0.25) is 9.47 Å². The third kappa shape index (κ3) is 3.96. The quantitative estimate of drug-likeness (QED) is 0.371. The number of fused-ring (bicyclic) bond motifs is 5. The first-order valence-corrected chi connectivity index (χ1v) is 11.6. The van der Waals surface area contributed by atoms with E-state index in [0.29, 0.717) is 23.5 Å². The van der Waals surface area contributed by atoms with Gasteiger partial charge in [0.25, 0.3) is 0 Å². The highest BCUT2D eigenvalue weighted by molar-refractivity contribution is 7.19. The van der Waals surface area contributed by atoms with Gasteiger partial charge < -0.3 is 4.74 Å². The predicted molar refractivity (Wildman–Crippen MR) is 131 cm³/mol. The second kappa shape index (κ2) is 9.16. The van der Waals surface area contributed by atoms with Crippen molar-refractivity contribution >= 4 is 27.2 Å². The van der Waals surface area contributed by atoms with Crippen molar-refractivity contribution in [3.8, 4) is 5.75 Å². The molecule has 5 heterocycles. The Morgan fingerprint density at radius 1 is 1.17 bits per heavy atom. The van der Waals surface area contributed by atoms with Gasteiger partial charge in [-0.05, 0) is 24.1 Å². The van der Waals surface area contributed by atoms with Crippen molar-refractivity contribution in [3.05, 3.63) is 81.1 Å². The van der Waals surface area contributed by atoms with Crippen molar-refractivity contribution in [3.63, 3.8) is 0 Å². The third-order valence-electron chi connectivity index (χ3n) is 6.12. The smallest absolute Gasteiger partial charge is 0.352 e. The van der Waals surface area contributed by atoms with Gasteiger partial charge in [-0.1, -0.05) is 13.5 Å². The van der Waals surface area contributed by atoms with Gasteiger partial charge in [0.2, 0.25) is 0 Å². The summed E-state index contributed by atoms with van der Waals surface area (Å²) in [6.45, 7) is 2.29. The lowest BCUT2D eigenvalue weighted by Gasteiger charge is -2.25. The summed E-state index contributed by atoms with van der Waals surface area (Å²) < 4.78 is 22.8. The Labute approximate surface area is 204 Å². The van der Waals surface area contributed by atoms with Gasteiger partial charge in [0, 0.05) is 42.0 Å². The van der Waals surface area contributed by atoms with Crippen LogP contribution in [0.15, 0.2) is 47.8 Å². The zero-order chi connectivity index (χ0) is 23.2. The molecular formula is C24H24FN7O2S. The fourth-order valence-corrected chi connectivity index (χ4v) is 5.83. The predicted octanol–water partition coefficient (Wildman–Crippen LogP) is 3.29. The second-order valence-corrected chi connectivity index (χ2v) is 9.21. The molecule has 11 heteroatoms. The Morgan fingerprint density at radius 3 is 2.77 bits per heavy atom. The lowest BCUT2D eigenvalue weighted by atomic mass is 10.1. The summed E-state index contributed by atoms with van der Waals surface area (Å²) in [4.78, 5) is 30.6. The lowest BCUT2D eigenvalue weighted by molar-refractivity contribution is 0.243. The van der Waals surface area contributed by atoms with Crippen LogP contribution in [-0.2, 0) is 26.1 Å². The number of hydrogen-bond acceptors (Lipinski definition) is 8. The number of halogens is 1. The molecule has 1 aliphatic heterocycles. The molecule has 9 nitrogen and oxygen atoms in total. The molecule has 0 unspecified atom stereocenters. The summed E-state index contributed by atoms with van der Waals surface area (Å²) in [6, 6.07) is 6.47. The highest BCUT2D eigenvalue weighted by Crippen LogP contribution is 2.37. The van der Waals surface area contributed by atoms with Crippen LogP contribution in [0, 0.1) is 5.82 Å². The number of benzene rings is 1. The molecular weight excluding hydrogens is 469 g/mol. The third-order valence-corrected chi connectivity index (χ3v) is 7.36. The van der Waals surface area contributed by atoms with Crippen LogP contribution in [0.4, 0.5) is 4.39 Å². The number of thiophene rings is 1. The molecule has 0 radical (unpaired) electrons. The molecule has 180 valence electrons. The summed E-state index contributed by atoms with van der Waals surface area (Å²) in [6.07, 6.45) is 5.69. The van der Waals surface area contributed by atoms with Gasteiger partial charge in [-0.2, -0.15) is 9.61 Å². The van der Waals surface area contributed by atoms with E-state index in [2.05, 4.69) is 25.0 Å². The molecule has 5 aromatic rings. The van der Waals surface area contributed by atoms with Crippen molar-refractivity contribution < 1.29 is 9.13 Å². The van der Waals surface area contributed by atoms with Crippen LogP contribution in [0.1, 0.15) is 29.3 Å². The van der Waals surface area contributed by atoms with E-state index < -0.39 is 5.82 Å². The summed E-state index contributed by atoms with van der Waals surface area (Å²) in [5.41, 5.74) is 1.78. The topological polar surface area (TPSA) is 90.4 Å². The van der Waals surface area contributed by atoms with Gasteiger partial charge in [0.15, 0.2) is 5.65 Å². The zero-order valence-electron chi connectivity index (χ0n) is 18.3. The molecule has 6 rings (SSSR count). The van der Waals surface area contributed by atoms with Crippen molar-refractivity contribution in [2.45, 2.75) is 33.5 Å². The van der Waals surface area contributed by atoms with Crippen LogP contribution < -0.4 is 10.4 Å². The molecule has 0 atom stereocenters. The lowest BCUT2D eigenvalue weighted by Crippen LogP contribution is -2.30. The van der Waals surface area contributed by atoms with Gasteiger partial charge in [0.05, 0.1) is 25.6 Å². The van der Waals surface area contributed by atoms with Gasteiger partial charge in [-0.15, -0.1) is 11.3 Å². The highest BCUT2D eigenvalue weighted by atomic mass is 32.1. The minimum atomic E-state index is -0.423. The summed E-state index contributed by atoms with van der Waals surface area (Å²) in [7, 11) is 1.49. The normalized spacial score (nSPS) is 13.7. The molecule has 0 amide bonds. The SMILES string of the molecule is C.COc1ccc(Cn2c(=O)n3ncnc3c3c4c(sc32)CN(Cc2ncccn2)CC4)c(F)c1. The summed E-state index contributed by atoms with van der Waals surface area (Å²) >= 11 is 1.56. The number of ether oxygens (including phenoxy) is 1. The molecule has 0 fully saturated rings. The van der Waals surface area contributed by atoms with Crippen LogP contribution in [0.2, 0.25) is 0 Å². The maximum Gasteiger partial charge on any atom is 0.352 e. The average Bonchev–Trinajstić information content (AvgIpc) is 3.48. The van der Waals surface area contributed by atoms with Crippen molar-refractivity contribution in [2.24, 2.45) is 0 Å². The summed E-state index contributed by atoms with van der Waals surface area (Å²) in [5, 5.41) is 5.07. The van der Waals surface area contributed by atoms with E-state index in [9.17, 15) is 9.18 Å². The molecule has 0 bridgehead atoms. The Bertz CT molecular complexity index is 1580. The Balaban J connectivity index is 0.00000253. The minimum absolute atomic E-state index is 0. The first-order valence-electron chi connectivity index (χ1n) is 10.8. The molecule has 0 spiro atoms. The molecule has 0 N–H and O–H groups in total. The number of aromatic nitrogens is 6. The molecule has 0 saturated carbocycles. The first-order chi connectivity index (χ1) is 16.6. The molecule has 0 saturated heterocycles. The Kier molecular flexibility index (Phi) is 6.03. The van der Waals surface area contributed by atoms with Gasteiger partial charge >= 0.3 is 5.69 Å². The van der Waals surface area contributed by atoms with Crippen molar-refractivity contribution in [1.82, 2.24) is 34.0 Å². The maximum absolute atomic E-state index is 14.7. The summed E-state index contributed by atoms with van der Waals surface area (Å²) in [5.74, 6) is 0.784. The molecule has 0 aliphatic carbocycles. The van der Waals surface area contributed by atoms with Gasteiger partial charge in [0.1, 0.15) is 28.5 Å². The maximum atomic E-state index is 14.7. The largest absolute Gasteiger partial charge is 0.497 e. The van der Waals surface area contributed by atoms with E-state index in [1.165, 1.54) is 29.6 Å². The van der Waals surface area contributed by atoms with Crippen LogP contribution in [0.5, 0.6) is 5.75 Å². The monoisotopic (exact) mass is 493 g/mol. The van der Waals surface area contributed by atoms with Crippen LogP contribution in [-0.4, -0.2) is 47.7 Å². The Morgan fingerprint density at radius 2 is 2.00 bits per heavy atom. The fourth-order valence-electron chi connectivity index (χ4n) is 4.46. The second-order valence-electron chi connectivity index (χ2n) is 8.13. The zero-order valence-corrected chi connectivity index (χ0v) is 19.1. The number of rotatable bonds is 5. The standard InChI is InChI=1S/C23H20FN7O2S.CH4/c1-33-15-4-3-14(17(24)9-15)10-30-22-20(21-27-13-28-31(21)23(30)32)16-5-8-29(11-18(16)34-22)12-19-25-6-2-7-26-19;/h2-4,6-7,9,13H,5,8,10-12H2,1H3;1H4. The average molecular weight is 494 g/mol. The Hall–Kier alpha value is -3.70. The van der Waals surface area contributed by atoms with Crippen molar-refractivity contribution in [1.29, 1.82) is 0 Å². The number of nitrogens with zero attached hydrogens (tertiary/aromatic N) is 7. The fraction of sp³-hybridized carbons (Fsp3) is 0.292. The van der Waals surface area contributed by atoms with Crippen LogP contribution in [0.3, 0.4) is 0 Å². The van der Waals surface area contributed by atoms with E-state index in [1.807, 2.05) is 0 Å². The van der Waals surface area contributed by atoms with E-state index >= 15 is 0 Å². The van der Waals surface area contributed by atoms with Crippen LogP contribution >= 0.6 is 11.3 Å². The van der Waals surface area contributed by atoms with E-state index in [4.69, 9.17) is 4.74 Å². The molecule has 4 aromatic heterocycles. The van der Waals surface area contributed by atoms with E-state index in [0.717, 1.165) is 40.4 Å².